The van der Waals surface area contributed by atoms with Crippen LogP contribution in [0.15, 0.2) is 10.6 Å². The van der Waals surface area contributed by atoms with Crippen LogP contribution in [-0.4, -0.2) is 41.6 Å². The number of carbonyl (C=O) groups excluding carboxylic acids is 1. The summed E-state index contributed by atoms with van der Waals surface area (Å²) in [5.74, 6) is 0.874. The molecule has 1 atom stereocenters. The summed E-state index contributed by atoms with van der Waals surface area (Å²) < 4.78 is 4.95. The van der Waals surface area contributed by atoms with Crippen molar-refractivity contribution in [3.63, 3.8) is 0 Å². The highest BCUT2D eigenvalue weighted by Crippen LogP contribution is 2.08. The van der Waals surface area contributed by atoms with Gasteiger partial charge < -0.3 is 14.7 Å². The minimum absolute atomic E-state index is 0. The number of hydrogen-bond acceptors (Lipinski definition) is 4. The van der Waals surface area contributed by atoms with Crippen molar-refractivity contribution < 1.29 is 9.32 Å². The first-order chi connectivity index (χ1) is 7.66. The second kappa shape index (κ2) is 6.02. The fraction of sp³-hybridized carbons (Fsp3) is 0.636. The average Bonchev–Trinajstić information content (AvgIpc) is 2.64. The van der Waals surface area contributed by atoms with Crippen LogP contribution in [0.5, 0.6) is 0 Å². The summed E-state index contributed by atoms with van der Waals surface area (Å²) in [7, 11) is 0. The highest BCUT2D eigenvalue weighted by atomic mass is 35.5. The molecule has 0 saturated carbocycles. The standard InChI is InChI=1S/C11H17N3O2.ClH/c1-8-7-12-3-4-14(8)11(15)6-10-5-9(2)16-13-10;/h5,8,12H,3-4,6-7H2,1-2H3;1H/t8-;/m1./s1. The van der Waals surface area contributed by atoms with Crippen LogP contribution in [0.2, 0.25) is 0 Å². The first-order valence-corrected chi connectivity index (χ1v) is 5.59. The molecular formula is C11H18ClN3O2. The lowest BCUT2D eigenvalue weighted by Crippen LogP contribution is -2.52. The van der Waals surface area contributed by atoms with Gasteiger partial charge >= 0.3 is 0 Å². The molecule has 1 fully saturated rings. The molecule has 0 bridgehead atoms. The second-order valence-corrected chi connectivity index (χ2v) is 4.25. The third-order valence-corrected chi connectivity index (χ3v) is 2.83. The number of carbonyl (C=O) groups is 1. The topological polar surface area (TPSA) is 58.4 Å². The van der Waals surface area contributed by atoms with Gasteiger partial charge in [-0.1, -0.05) is 5.16 Å². The van der Waals surface area contributed by atoms with E-state index in [-0.39, 0.29) is 24.4 Å². The van der Waals surface area contributed by atoms with E-state index in [1.807, 2.05) is 17.9 Å². The van der Waals surface area contributed by atoms with Gasteiger partial charge in [0.15, 0.2) is 0 Å². The van der Waals surface area contributed by atoms with Crippen molar-refractivity contribution in [2.45, 2.75) is 26.3 Å². The van der Waals surface area contributed by atoms with Crippen molar-refractivity contribution in [3.05, 3.63) is 17.5 Å². The number of rotatable bonds is 2. The molecule has 96 valence electrons. The van der Waals surface area contributed by atoms with Crippen molar-refractivity contribution in [3.8, 4) is 0 Å². The molecule has 6 heteroatoms. The zero-order valence-electron chi connectivity index (χ0n) is 10.1. The Balaban J connectivity index is 0.00000144. The molecule has 17 heavy (non-hydrogen) atoms. The maximum absolute atomic E-state index is 12.0. The van der Waals surface area contributed by atoms with Gasteiger partial charge in [-0.15, -0.1) is 12.4 Å². The maximum Gasteiger partial charge on any atom is 0.229 e. The molecule has 1 amide bonds. The van der Waals surface area contributed by atoms with Gasteiger partial charge in [-0.05, 0) is 13.8 Å². The van der Waals surface area contributed by atoms with Gasteiger partial charge in [-0.3, -0.25) is 4.79 Å². The molecule has 1 aromatic rings. The Bertz CT molecular complexity index is 381. The summed E-state index contributed by atoms with van der Waals surface area (Å²) in [5.41, 5.74) is 0.716. The average molecular weight is 260 g/mol. The molecule has 1 N–H and O–H groups in total. The molecule has 0 spiro atoms. The zero-order chi connectivity index (χ0) is 11.5. The predicted octanol–water partition coefficient (Wildman–Crippen LogP) is 0.768. The van der Waals surface area contributed by atoms with Crippen LogP contribution >= 0.6 is 12.4 Å². The Kier molecular flexibility index (Phi) is 4.96. The Labute approximate surface area is 107 Å². The fourth-order valence-electron chi connectivity index (χ4n) is 1.97. The minimum atomic E-state index is 0. The first-order valence-electron chi connectivity index (χ1n) is 5.59. The summed E-state index contributed by atoms with van der Waals surface area (Å²) in [5, 5.41) is 7.10. The summed E-state index contributed by atoms with van der Waals surface area (Å²) in [4.78, 5) is 13.9. The molecule has 0 radical (unpaired) electrons. The van der Waals surface area contributed by atoms with Crippen LogP contribution < -0.4 is 5.32 Å². The molecule has 1 aliphatic rings. The summed E-state index contributed by atoms with van der Waals surface area (Å²) in [6, 6.07) is 2.07. The van der Waals surface area contributed by atoms with E-state index in [1.165, 1.54) is 0 Å². The van der Waals surface area contributed by atoms with Gasteiger partial charge in [-0.25, -0.2) is 0 Å². The molecule has 5 nitrogen and oxygen atoms in total. The molecule has 1 aliphatic heterocycles. The Morgan fingerprint density at radius 1 is 1.71 bits per heavy atom. The van der Waals surface area contributed by atoms with Gasteiger partial charge in [0.05, 0.1) is 12.1 Å². The molecule has 0 unspecified atom stereocenters. The van der Waals surface area contributed by atoms with Crippen LogP contribution in [0.25, 0.3) is 0 Å². The zero-order valence-corrected chi connectivity index (χ0v) is 10.9. The smallest absolute Gasteiger partial charge is 0.229 e. The van der Waals surface area contributed by atoms with E-state index >= 15 is 0 Å². The van der Waals surface area contributed by atoms with Gasteiger partial charge in [0, 0.05) is 31.7 Å². The van der Waals surface area contributed by atoms with Gasteiger partial charge in [-0.2, -0.15) is 0 Å². The first kappa shape index (κ1) is 14.0. The molecule has 1 aromatic heterocycles. The van der Waals surface area contributed by atoms with E-state index in [0.29, 0.717) is 12.1 Å². The number of nitrogens with zero attached hydrogens (tertiary/aromatic N) is 2. The highest BCUT2D eigenvalue weighted by Gasteiger charge is 2.23. The van der Waals surface area contributed by atoms with Crippen molar-refractivity contribution in [1.82, 2.24) is 15.4 Å². The predicted molar refractivity (Wildman–Crippen MR) is 66.2 cm³/mol. The lowest BCUT2D eigenvalue weighted by molar-refractivity contribution is -0.133. The van der Waals surface area contributed by atoms with E-state index in [0.717, 1.165) is 25.4 Å². The highest BCUT2D eigenvalue weighted by molar-refractivity contribution is 5.85. The van der Waals surface area contributed by atoms with Crippen LogP contribution in [-0.2, 0) is 11.2 Å². The van der Waals surface area contributed by atoms with Crippen molar-refractivity contribution >= 4 is 18.3 Å². The van der Waals surface area contributed by atoms with Crippen LogP contribution in [0, 0.1) is 6.92 Å². The van der Waals surface area contributed by atoms with E-state index < -0.39 is 0 Å². The lowest BCUT2D eigenvalue weighted by Gasteiger charge is -2.33. The van der Waals surface area contributed by atoms with Crippen LogP contribution in [0.4, 0.5) is 0 Å². The van der Waals surface area contributed by atoms with Crippen molar-refractivity contribution in [1.29, 1.82) is 0 Å². The normalized spacial score (nSPS) is 19.9. The molecular weight excluding hydrogens is 242 g/mol. The number of aryl methyl sites for hydroxylation is 1. The van der Waals surface area contributed by atoms with Crippen molar-refractivity contribution in [2.75, 3.05) is 19.6 Å². The summed E-state index contributed by atoms with van der Waals surface area (Å²) in [6.07, 6.45) is 0.335. The SMILES string of the molecule is Cc1cc(CC(=O)N2CCNC[C@H]2C)no1.Cl. The third kappa shape index (κ3) is 3.44. The maximum atomic E-state index is 12.0. The van der Waals surface area contributed by atoms with E-state index in [9.17, 15) is 4.79 Å². The number of amides is 1. The Hall–Kier alpha value is -1.07. The molecule has 2 heterocycles. The second-order valence-electron chi connectivity index (χ2n) is 4.25. The fourth-order valence-corrected chi connectivity index (χ4v) is 1.97. The quantitative estimate of drug-likeness (QED) is 0.852. The number of aromatic nitrogens is 1. The number of piperazine rings is 1. The molecule has 0 aliphatic carbocycles. The summed E-state index contributed by atoms with van der Waals surface area (Å²) >= 11 is 0. The molecule has 2 rings (SSSR count). The van der Waals surface area contributed by atoms with Crippen molar-refractivity contribution in [2.24, 2.45) is 0 Å². The van der Waals surface area contributed by atoms with E-state index in [2.05, 4.69) is 17.4 Å². The lowest BCUT2D eigenvalue weighted by atomic mass is 10.2. The van der Waals surface area contributed by atoms with E-state index in [1.54, 1.807) is 0 Å². The monoisotopic (exact) mass is 259 g/mol. The van der Waals surface area contributed by atoms with Gasteiger partial charge in [0.1, 0.15) is 5.76 Å². The number of nitrogens with one attached hydrogen (secondary N) is 1. The van der Waals surface area contributed by atoms with E-state index in [4.69, 9.17) is 4.52 Å². The summed E-state index contributed by atoms with van der Waals surface area (Å²) in [6.45, 7) is 6.39. The Morgan fingerprint density at radius 2 is 2.47 bits per heavy atom. The minimum Gasteiger partial charge on any atom is -0.361 e. The largest absolute Gasteiger partial charge is 0.361 e. The third-order valence-electron chi connectivity index (χ3n) is 2.83. The van der Waals surface area contributed by atoms with Crippen LogP contribution in [0.3, 0.4) is 0 Å². The van der Waals surface area contributed by atoms with Crippen LogP contribution in [0.1, 0.15) is 18.4 Å². The number of hydrogen-bond donors (Lipinski definition) is 1. The molecule has 1 saturated heterocycles. The van der Waals surface area contributed by atoms with Gasteiger partial charge in [0.25, 0.3) is 0 Å². The molecule has 0 aromatic carbocycles. The van der Waals surface area contributed by atoms with Gasteiger partial charge in [0.2, 0.25) is 5.91 Å². The Morgan fingerprint density at radius 3 is 3.06 bits per heavy atom. The number of halogens is 1.